The predicted molar refractivity (Wildman–Crippen MR) is 63.9 cm³/mol. The molecule has 0 aliphatic rings. The Labute approximate surface area is 106 Å². The SMILES string of the molecule is Cc1cc(-c2cccc(OC(F)(F)F)c2)c[nH]c1=O. The number of rotatable bonds is 2. The lowest BCUT2D eigenvalue weighted by molar-refractivity contribution is -0.274. The summed E-state index contributed by atoms with van der Waals surface area (Å²) in [5.41, 5.74) is 1.40. The zero-order chi connectivity index (χ0) is 14.0. The summed E-state index contributed by atoms with van der Waals surface area (Å²) >= 11 is 0. The molecule has 3 nitrogen and oxygen atoms in total. The summed E-state index contributed by atoms with van der Waals surface area (Å²) in [7, 11) is 0. The van der Waals surface area contributed by atoms with E-state index in [9.17, 15) is 18.0 Å². The Balaban J connectivity index is 2.37. The molecular formula is C13H10F3NO2. The third-order valence-corrected chi connectivity index (χ3v) is 2.49. The summed E-state index contributed by atoms with van der Waals surface area (Å²) in [6.45, 7) is 1.62. The fourth-order valence-corrected chi connectivity index (χ4v) is 1.64. The molecule has 0 saturated heterocycles. The number of halogens is 3. The van der Waals surface area contributed by atoms with Gasteiger partial charge in [-0.2, -0.15) is 0 Å². The maximum Gasteiger partial charge on any atom is 0.573 e. The van der Waals surface area contributed by atoms with Gasteiger partial charge in [-0.3, -0.25) is 4.79 Å². The summed E-state index contributed by atoms with van der Waals surface area (Å²) < 4.78 is 40.2. The fraction of sp³-hybridized carbons (Fsp3) is 0.154. The minimum Gasteiger partial charge on any atom is -0.406 e. The van der Waals surface area contributed by atoms with Gasteiger partial charge >= 0.3 is 6.36 Å². The molecule has 1 heterocycles. The van der Waals surface area contributed by atoms with E-state index < -0.39 is 6.36 Å². The molecule has 0 aliphatic carbocycles. The highest BCUT2D eigenvalue weighted by molar-refractivity contribution is 5.64. The maximum absolute atomic E-state index is 12.1. The zero-order valence-electron chi connectivity index (χ0n) is 9.91. The van der Waals surface area contributed by atoms with Crippen LogP contribution in [0.5, 0.6) is 5.75 Å². The summed E-state index contributed by atoms with van der Waals surface area (Å²) in [6, 6.07) is 7.18. The summed E-state index contributed by atoms with van der Waals surface area (Å²) in [4.78, 5) is 13.7. The third-order valence-electron chi connectivity index (χ3n) is 2.49. The molecule has 1 aromatic carbocycles. The van der Waals surface area contributed by atoms with E-state index in [0.717, 1.165) is 0 Å². The quantitative estimate of drug-likeness (QED) is 0.909. The van der Waals surface area contributed by atoms with Crippen molar-refractivity contribution in [2.24, 2.45) is 0 Å². The Hall–Kier alpha value is -2.24. The third kappa shape index (κ3) is 3.37. The van der Waals surface area contributed by atoms with Crippen molar-refractivity contribution in [2.75, 3.05) is 0 Å². The molecule has 100 valence electrons. The van der Waals surface area contributed by atoms with Gasteiger partial charge in [0.15, 0.2) is 0 Å². The number of aromatic nitrogens is 1. The average Bonchev–Trinajstić information content (AvgIpc) is 2.31. The van der Waals surface area contributed by atoms with Crippen LogP contribution >= 0.6 is 0 Å². The average molecular weight is 269 g/mol. The van der Waals surface area contributed by atoms with Gasteiger partial charge in [0.25, 0.3) is 5.56 Å². The van der Waals surface area contributed by atoms with Gasteiger partial charge in [-0.05, 0) is 36.2 Å². The molecule has 0 saturated carbocycles. The van der Waals surface area contributed by atoms with E-state index in [1.165, 1.54) is 24.4 Å². The minimum atomic E-state index is -4.72. The fourth-order valence-electron chi connectivity index (χ4n) is 1.64. The van der Waals surface area contributed by atoms with E-state index in [-0.39, 0.29) is 11.3 Å². The van der Waals surface area contributed by atoms with E-state index in [4.69, 9.17) is 0 Å². The number of nitrogens with one attached hydrogen (secondary N) is 1. The van der Waals surface area contributed by atoms with E-state index in [1.54, 1.807) is 19.1 Å². The van der Waals surface area contributed by atoms with Crippen LogP contribution in [0.15, 0.2) is 41.3 Å². The Kier molecular flexibility index (Phi) is 3.33. The molecule has 0 fully saturated rings. The highest BCUT2D eigenvalue weighted by atomic mass is 19.4. The second-order valence-electron chi connectivity index (χ2n) is 3.98. The molecule has 19 heavy (non-hydrogen) atoms. The first-order valence-corrected chi connectivity index (χ1v) is 5.41. The van der Waals surface area contributed by atoms with Gasteiger partial charge in [0, 0.05) is 11.8 Å². The van der Waals surface area contributed by atoms with Crippen molar-refractivity contribution >= 4 is 0 Å². The first-order valence-electron chi connectivity index (χ1n) is 5.41. The second-order valence-corrected chi connectivity index (χ2v) is 3.98. The highest BCUT2D eigenvalue weighted by Gasteiger charge is 2.31. The molecule has 1 aromatic heterocycles. The standard InChI is InChI=1S/C13H10F3NO2/c1-8-5-10(7-17-12(8)18)9-3-2-4-11(6-9)19-13(14,15)16/h2-7H,1H3,(H,17,18). The van der Waals surface area contributed by atoms with E-state index >= 15 is 0 Å². The molecule has 0 aliphatic heterocycles. The van der Waals surface area contributed by atoms with Gasteiger partial charge in [-0.15, -0.1) is 13.2 Å². The van der Waals surface area contributed by atoms with Crippen LogP contribution in [-0.4, -0.2) is 11.3 Å². The predicted octanol–water partition coefficient (Wildman–Crippen LogP) is 3.25. The Morgan fingerprint density at radius 1 is 1.16 bits per heavy atom. The van der Waals surface area contributed by atoms with Gasteiger partial charge in [0.1, 0.15) is 5.75 Å². The molecule has 6 heteroatoms. The lowest BCUT2D eigenvalue weighted by Crippen LogP contribution is -2.17. The van der Waals surface area contributed by atoms with Crippen LogP contribution in [0.4, 0.5) is 13.2 Å². The molecule has 2 rings (SSSR count). The van der Waals surface area contributed by atoms with Crippen molar-refractivity contribution in [3.8, 4) is 16.9 Å². The van der Waals surface area contributed by atoms with Gasteiger partial charge < -0.3 is 9.72 Å². The highest BCUT2D eigenvalue weighted by Crippen LogP contribution is 2.27. The smallest absolute Gasteiger partial charge is 0.406 e. The van der Waals surface area contributed by atoms with Crippen molar-refractivity contribution in [2.45, 2.75) is 13.3 Å². The molecular weight excluding hydrogens is 259 g/mol. The number of benzene rings is 1. The van der Waals surface area contributed by atoms with Crippen LogP contribution in [0.1, 0.15) is 5.56 Å². The molecule has 1 N–H and O–H groups in total. The van der Waals surface area contributed by atoms with Gasteiger partial charge in [-0.25, -0.2) is 0 Å². The summed E-state index contributed by atoms with van der Waals surface area (Å²) in [5, 5.41) is 0. The Morgan fingerprint density at radius 3 is 2.53 bits per heavy atom. The van der Waals surface area contributed by atoms with Gasteiger partial charge in [0.05, 0.1) is 0 Å². The molecule has 0 amide bonds. The first-order chi connectivity index (χ1) is 8.85. The van der Waals surface area contributed by atoms with Crippen molar-refractivity contribution in [1.29, 1.82) is 0 Å². The van der Waals surface area contributed by atoms with Crippen molar-refractivity contribution in [1.82, 2.24) is 4.98 Å². The van der Waals surface area contributed by atoms with E-state index in [0.29, 0.717) is 16.7 Å². The van der Waals surface area contributed by atoms with Crippen LogP contribution in [-0.2, 0) is 0 Å². The second kappa shape index (κ2) is 4.79. The summed E-state index contributed by atoms with van der Waals surface area (Å²) in [5.74, 6) is -0.297. The number of alkyl halides is 3. The number of H-pyrrole nitrogens is 1. The zero-order valence-corrected chi connectivity index (χ0v) is 9.91. The first kappa shape index (κ1) is 13.2. The van der Waals surface area contributed by atoms with Gasteiger partial charge in [-0.1, -0.05) is 12.1 Å². The largest absolute Gasteiger partial charge is 0.573 e. The molecule has 0 radical (unpaired) electrons. The molecule has 0 spiro atoms. The molecule has 2 aromatic rings. The minimum absolute atomic E-state index is 0.230. The summed E-state index contributed by atoms with van der Waals surface area (Å²) in [6.07, 6.45) is -3.28. The van der Waals surface area contributed by atoms with E-state index in [1.807, 2.05) is 0 Å². The topological polar surface area (TPSA) is 42.1 Å². The Morgan fingerprint density at radius 2 is 1.89 bits per heavy atom. The Bertz CT molecular complexity index is 647. The monoisotopic (exact) mass is 269 g/mol. The van der Waals surface area contributed by atoms with E-state index in [2.05, 4.69) is 9.72 Å². The number of ether oxygens (including phenoxy) is 1. The lowest BCUT2D eigenvalue weighted by atomic mass is 10.1. The van der Waals surface area contributed by atoms with Crippen LogP contribution in [0.25, 0.3) is 11.1 Å². The number of aromatic amines is 1. The van der Waals surface area contributed by atoms with Crippen LogP contribution in [0.2, 0.25) is 0 Å². The number of hydrogen-bond donors (Lipinski definition) is 1. The van der Waals surface area contributed by atoms with Crippen LogP contribution in [0.3, 0.4) is 0 Å². The normalized spacial score (nSPS) is 11.4. The van der Waals surface area contributed by atoms with Crippen molar-refractivity contribution < 1.29 is 17.9 Å². The number of aryl methyl sites for hydroxylation is 1. The van der Waals surface area contributed by atoms with Crippen LogP contribution < -0.4 is 10.3 Å². The van der Waals surface area contributed by atoms with Crippen LogP contribution in [0, 0.1) is 6.92 Å². The molecule has 0 unspecified atom stereocenters. The molecule has 0 bridgehead atoms. The molecule has 0 atom stereocenters. The maximum atomic E-state index is 12.1. The number of pyridine rings is 1. The lowest BCUT2D eigenvalue weighted by Gasteiger charge is -2.10. The van der Waals surface area contributed by atoms with Gasteiger partial charge in [0.2, 0.25) is 0 Å². The number of hydrogen-bond acceptors (Lipinski definition) is 2. The van der Waals surface area contributed by atoms with Crippen molar-refractivity contribution in [3.63, 3.8) is 0 Å². The van der Waals surface area contributed by atoms with Crippen molar-refractivity contribution in [3.05, 3.63) is 52.4 Å².